The summed E-state index contributed by atoms with van der Waals surface area (Å²) in [5.74, 6) is -1.03. The fraction of sp³-hybridized carbons (Fsp3) is 0.176. The molecule has 0 unspecified atom stereocenters. The number of carbonyl (C=O) groups excluding carboxylic acids is 2. The van der Waals surface area contributed by atoms with E-state index in [1.807, 2.05) is 0 Å². The number of hydrogen-bond donors (Lipinski definition) is 2. The van der Waals surface area contributed by atoms with Crippen LogP contribution >= 0.6 is 11.6 Å². The lowest BCUT2D eigenvalue weighted by atomic mass is 10.1. The average Bonchev–Trinajstić information content (AvgIpc) is 2.62. The van der Waals surface area contributed by atoms with Gasteiger partial charge in [-0.2, -0.15) is 13.2 Å². The number of nitrogens with zero attached hydrogens (tertiary/aromatic N) is 1. The number of amides is 2. The molecule has 0 saturated carbocycles. The normalized spacial score (nSPS) is 13.8. The number of alkyl halides is 3. The molecule has 27 heavy (non-hydrogen) atoms. The zero-order valence-corrected chi connectivity index (χ0v) is 14.3. The summed E-state index contributed by atoms with van der Waals surface area (Å²) in [5.41, 5.74) is 0.937. The molecule has 1 aliphatic rings. The van der Waals surface area contributed by atoms with Crippen molar-refractivity contribution in [2.75, 3.05) is 11.5 Å². The number of nitrogens with one attached hydrogen (secondary N) is 1. The quantitative estimate of drug-likeness (QED) is 0.611. The Kier molecular flexibility index (Phi) is 4.99. The van der Waals surface area contributed by atoms with E-state index < -0.39 is 23.6 Å². The molecule has 2 amide bonds. The van der Waals surface area contributed by atoms with Crippen molar-refractivity contribution in [3.63, 3.8) is 0 Å². The van der Waals surface area contributed by atoms with Gasteiger partial charge in [0.05, 0.1) is 17.8 Å². The van der Waals surface area contributed by atoms with Crippen molar-refractivity contribution in [2.45, 2.75) is 12.7 Å². The molecular weight excluding hydrogens is 389 g/mol. The third-order valence-electron chi connectivity index (χ3n) is 3.89. The molecule has 1 heterocycles. The zero-order valence-electron chi connectivity index (χ0n) is 13.5. The van der Waals surface area contributed by atoms with E-state index in [0.717, 1.165) is 12.1 Å². The number of anilines is 1. The summed E-state index contributed by atoms with van der Waals surface area (Å²) in [7, 11) is 0. The average molecular weight is 401 g/mol. The van der Waals surface area contributed by atoms with Crippen molar-refractivity contribution < 1.29 is 32.7 Å². The van der Waals surface area contributed by atoms with E-state index in [-0.39, 0.29) is 40.7 Å². The molecule has 0 radical (unpaired) electrons. The molecule has 142 valence electrons. The first-order valence-corrected chi connectivity index (χ1v) is 7.95. The Labute approximate surface area is 156 Å². The van der Waals surface area contributed by atoms with Gasteiger partial charge in [0, 0.05) is 10.6 Å². The molecule has 1 aliphatic heterocycles. The largest absolute Gasteiger partial charge is 0.482 e. The van der Waals surface area contributed by atoms with Gasteiger partial charge >= 0.3 is 6.18 Å². The maximum Gasteiger partial charge on any atom is 0.416 e. The molecule has 3 rings (SSSR count). The van der Waals surface area contributed by atoms with Crippen molar-refractivity contribution in [3.05, 3.63) is 58.1 Å². The van der Waals surface area contributed by atoms with E-state index in [9.17, 15) is 22.8 Å². The highest BCUT2D eigenvalue weighted by Crippen LogP contribution is 2.36. The molecule has 2 N–H and O–H groups in total. The summed E-state index contributed by atoms with van der Waals surface area (Å²) in [6, 6.07) is 7.12. The van der Waals surface area contributed by atoms with Crippen LogP contribution in [0.1, 0.15) is 21.5 Å². The highest BCUT2D eigenvalue weighted by atomic mass is 35.5. The van der Waals surface area contributed by atoms with Crippen LogP contribution in [0.2, 0.25) is 5.02 Å². The molecule has 0 aromatic heterocycles. The Balaban J connectivity index is 2.00. The monoisotopic (exact) mass is 400 g/mol. The molecule has 2 aromatic carbocycles. The van der Waals surface area contributed by atoms with Gasteiger partial charge in [0.15, 0.2) is 6.61 Å². The molecule has 0 spiro atoms. The second-order valence-corrected chi connectivity index (χ2v) is 6.17. The van der Waals surface area contributed by atoms with E-state index in [0.29, 0.717) is 0 Å². The predicted octanol–water partition coefficient (Wildman–Crippen LogP) is 3.40. The van der Waals surface area contributed by atoms with Crippen LogP contribution in [0.5, 0.6) is 5.75 Å². The molecule has 0 atom stereocenters. The predicted molar refractivity (Wildman–Crippen MR) is 88.8 cm³/mol. The van der Waals surface area contributed by atoms with Gasteiger partial charge in [0.2, 0.25) is 0 Å². The fourth-order valence-corrected chi connectivity index (χ4v) is 2.93. The van der Waals surface area contributed by atoms with Gasteiger partial charge in [-0.25, -0.2) is 5.48 Å². The molecule has 10 heteroatoms. The van der Waals surface area contributed by atoms with Crippen molar-refractivity contribution >= 4 is 29.1 Å². The number of rotatable bonds is 3. The lowest BCUT2D eigenvalue weighted by Gasteiger charge is -2.30. The lowest BCUT2D eigenvalue weighted by molar-refractivity contribution is -0.137. The van der Waals surface area contributed by atoms with E-state index >= 15 is 0 Å². The number of fused-ring (bicyclic) bond motifs is 1. The second kappa shape index (κ2) is 7.09. The number of ether oxygens (including phenoxy) is 1. The van der Waals surface area contributed by atoms with Gasteiger partial charge in [-0.1, -0.05) is 11.6 Å². The lowest BCUT2D eigenvalue weighted by Crippen LogP contribution is -2.38. The summed E-state index contributed by atoms with van der Waals surface area (Å²) in [4.78, 5) is 25.1. The Morgan fingerprint density at radius 3 is 2.67 bits per heavy atom. The Bertz CT molecular complexity index is 918. The minimum absolute atomic E-state index is 0.0432. The first-order chi connectivity index (χ1) is 12.7. The molecule has 0 saturated heterocycles. The van der Waals surface area contributed by atoms with Crippen LogP contribution in [-0.4, -0.2) is 23.6 Å². The Morgan fingerprint density at radius 1 is 1.26 bits per heavy atom. The molecule has 6 nitrogen and oxygen atoms in total. The number of hydroxylamine groups is 1. The fourth-order valence-electron chi connectivity index (χ4n) is 2.67. The van der Waals surface area contributed by atoms with Gasteiger partial charge < -0.3 is 9.64 Å². The van der Waals surface area contributed by atoms with Gasteiger partial charge in [0.25, 0.3) is 11.8 Å². The van der Waals surface area contributed by atoms with Crippen LogP contribution in [0.25, 0.3) is 0 Å². The summed E-state index contributed by atoms with van der Waals surface area (Å²) in [5, 5.41) is 8.63. The van der Waals surface area contributed by atoms with Gasteiger partial charge in [0.1, 0.15) is 5.75 Å². The van der Waals surface area contributed by atoms with E-state index in [1.165, 1.54) is 34.6 Å². The number of benzene rings is 2. The third-order valence-corrected chi connectivity index (χ3v) is 4.11. The minimum atomic E-state index is -4.58. The molecule has 0 fully saturated rings. The standard InChI is InChI=1S/C17H12ClF3N2O4/c18-12-4-9(3-11(6-12)17(19,20)21)7-23-13-5-10(16(25)22-26)1-2-14(13)27-8-15(23)24/h1-6,26H,7-8H2,(H,22,25). The molecule has 2 aromatic rings. The highest BCUT2D eigenvalue weighted by Gasteiger charge is 2.32. The van der Waals surface area contributed by atoms with Crippen LogP contribution in [0.15, 0.2) is 36.4 Å². The topological polar surface area (TPSA) is 78.9 Å². The van der Waals surface area contributed by atoms with Crippen LogP contribution < -0.4 is 15.1 Å². The summed E-state index contributed by atoms with van der Waals surface area (Å²) >= 11 is 5.79. The highest BCUT2D eigenvalue weighted by molar-refractivity contribution is 6.30. The number of halogens is 4. The van der Waals surface area contributed by atoms with E-state index in [2.05, 4.69) is 0 Å². The van der Waals surface area contributed by atoms with Crippen molar-refractivity contribution in [2.24, 2.45) is 0 Å². The molecule has 0 bridgehead atoms. The first-order valence-electron chi connectivity index (χ1n) is 7.57. The van der Waals surface area contributed by atoms with E-state index in [4.69, 9.17) is 21.5 Å². The van der Waals surface area contributed by atoms with Gasteiger partial charge in [-0.3, -0.25) is 14.8 Å². The molecular formula is C17H12ClF3N2O4. The SMILES string of the molecule is O=C(NO)c1ccc2c(c1)N(Cc1cc(Cl)cc(C(F)(F)F)c1)C(=O)CO2. The summed E-state index contributed by atoms with van der Waals surface area (Å²) in [6.07, 6.45) is -4.58. The van der Waals surface area contributed by atoms with Crippen LogP contribution in [-0.2, 0) is 17.5 Å². The van der Waals surface area contributed by atoms with Crippen molar-refractivity contribution in [1.29, 1.82) is 0 Å². The smallest absolute Gasteiger partial charge is 0.416 e. The first kappa shape index (κ1) is 19.0. The van der Waals surface area contributed by atoms with Crippen LogP contribution in [0.3, 0.4) is 0 Å². The maximum atomic E-state index is 13.0. The van der Waals surface area contributed by atoms with Gasteiger partial charge in [-0.05, 0) is 42.0 Å². The number of carbonyl (C=O) groups is 2. The number of hydrogen-bond acceptors (Lipinski definition) is 4. The van der Waals surface area contributed by atoms with E-state index in [1.54, 1.807) is 0 Å². The minimum Gasteiger partial charge on any atom is -0.482 e. The van der Waals surface area contributed by atoms with Crippen molar-refractivity contribution in [1.82, 2.24) is 5.48 Å². The maximum absolute atomic E-state index is 13.0. The Hall–Kier alpha value is -2.78. The zero-order chi connectivity index (χ0) is 19.8. The Morgan fingerprint density at radius 2 is 2.00 bits per heavy atom. The third kappa shape index (κ3) is 3.99. The second-order valence-electron chi connectivity index (χ2n) is 5.74. The molecule has 0 aliphatic carbocycles. The summed E-state index contributed by atoms with van der Waals surface area (Å²) < 4.78 is 44.3. The van der Waals surface area contributed by atoms with Gasteiger partial charge in [-0.15, -0.1) is 0 Å². The summed E-state index contributed by atoms with van der Waals surface area (Å²) in [6.45, 7) is -0.506. The van der Waals surface area contributed by atoms with Crippen LogP contribution in [0, 0.1) is 0 Å². The van der Waals surface area contributed by atoms with Crippen molar-refractivity contribution in [3.8, 4) is 5.75 Å². The van der Waals surface area contributed by atoms with Crippen LogP contribution in [0.4, 0.5) is 18.9 Å².